The third kappa shape index (κ3) is 4.46. The number of benzene rings is 1. The lowest BCUT2D eigenvalue weighted by atomic mass is 10.2. The van der Waals surface area contributed by atoms with Gasteiger partial charge >= 0.3 is 0 Å². The number of fused-ring (bicyclic) bond motifs is 1. The van der Waals surface area contributed by atoms with E-state index in [9.17, 15) is 13.9 Å². The molecule has 0 spiro atoms. The van der Waals surface area contributed by atoms with Crippen LogP contribution in [0.25, 0.3) is 10.9 Å². The van der Waals surface area contributed by atoms with Crippen LogP contribution in [0.15, 0.2) is 48.7 Å². The second kappa shape index (κ2) is 7.67. The number of pyridine rings is 2. The maximum absolute atomic E-state index is 12.4. The van der Waals surface area contributed by atoms with Crippen molar-refractivity contribution in [2.24, 2.45) is 0 Å². The van der Waals surface area contributed by atoms with E-state index >= 15 is 0 Å². The number of hydrogen-bond acceptors (Lipinski definition) is 7. The summed E-state index contributed by atoms with van der Waals surface area (Å²) in [5.74, 6) is 1.10. The molecule has 0 aliphatic carbocycles. The van der Waals surface area contributed by atoms with Gasteiger partial charge in [0.05, 0.1) is 16.8 Å². The van der Waals surface area contributed by atoms with Crippen molar-refractivity contribution in [2.75, 3.05) is 11.5 Å². The van der Waals surface area contributed by atoms with Crippen LogP contribution < -0.4 is 10.1 Å². The molecule has 3 N–H and O–H groups in total. The van der Waals surface area contributed by atoms with Crippen LogP contribution in [0.2, 0.25) is 0 Å². The van der Waals surface area contributed by atoms with Crippen molar-refractivity contribution >= 4 is 27.4 Å². The van der Waals surface area contributed by atoms with Crippen LogP contribution in [0.1, 0.15) is 22.5 Å². The molecular weight excluding hydrogens is 392 g/mol. The monoisotopic (exact) mass is 410 g/mol. The Bertz CT molecular complexity index is 1110. The fourth-order valence-electron chi connectivity index (χ4n) is 3.11. The van der Waals surface area contributed by atoms with E-state index in [0.29, 0.717) is 34.9 Å². The van der Waals surface area contributed by atoms with E-state index in [2.05, 4.69) is 15.3 Å². The lowest BCUT2D eigenvalue weighted by molar-refractivity contribution is 0.0936. The number of amides is 1. The van der Waals surface area contributed by atoms with Crippen LogP contribution in [0, 0.1) is 11.3 Å². The van der Waals surface area contributed by atoms with E-state index < -0.39 is 10.6 Å². The molecule has 1 aliphatic rings. The van der Waals surface area contributed by atoms with Gasteiger partial charge in [-0.05, 0) is 36.8 Å². The van der Waals surface area contributed by atoms with E-state index in [-0.39, 0.29) is 23.4 Å². The number of aromatic nitrogens is 2. The van der Waals surface area contributed by atoms with E-state index in [1.807, 2.05) is 6.07 Å². The molecule has 4 rings (SSSR count). The van der Waals surface area contributed by atoms with Gasteiger partial charge in [-0.15, -0.1) is 0 Å². The molecule has 1 amide bonds. The first-order chi connectivity index (χ1) is 13.9. The van der Waals surface area contributed by atoms with E-state index in [0.717, 1.165) is 5.39 Å². The number of nitriles is 1. The highest BCUT2D eigenvalue weighted by atomic mass is 32.3. The molecule has 3 heterocycles. The Morgan fingerprint density at radius 1 is 1.24 bits per heavy atom. The summed E-state index contributed by atoms with van der Waals surface area (Å²) in [5, 5.41) is 12.4. The highest BCUT2D eigenvalue weighted by molar-refractivity contribution is 8.24. The van der Waals surface area contributed by atoms with Gasteiger partial charge in [0, 0.05) is 29.4 Å². The maximum atomic E-state index is 12.4. The Labute approximate surface area is 168 Å². The van der Waals surface area contributed by atoms with Gasteiger partial charge in [-0.3, -0.25) is 13.9 Å². The van der Waals surface area contributed by atoms with Gasteiger partial charge in [0.15, 0.2) is 0 Å². The molecular formula is C20H18N4O4S. The van der Waals surface area contributed by atoms with Crippen LogP contribution in [-0.2, 0) is 0 Å². The molecule has 1 fully saturated rings. The minimum Gasteiger partial charge on any atom is -0.439 e. The second-order valence-electron chi connectivity index (χ2n) is 6.78. The standard InChI is InChI=1S/C20H18N4O4S/c21-10-13-1-6-19(22-11-13)28-16-3-5-17-14(9-16)2-4-18(24-17)20(25)23-15-7-8-29(26,27)12-15/h1-6,9,11,15,26-27H,7-8,12H2,(H,23,25). The number of nitrogens with zero attached hydrogens (tertiary/aromatic N) is 3. The first-order valence-corrected chi connectivity index (χ1v) is 10.8. The van der Waals surface area contributed by atoms with Gasteiger partial charge in [-0.25, -0.2) is 9.97 Å². The highest BCUT2D eigenvalue weighted by Crippen LogP contribution is 2.45. The number of hydrogen-bond donors (Lipinski definition) is 3. The van der Waals surface area contributed by atoms with Crippen molar-refractivity contribution in [1.82, 2.24) is 15.3 Å². The van der Waals surface area contributed by atoms with E-state index in [4.69, 9.17) is 10.00 Å². The van der Waals surface area contributed by atoms with Gasteiger partial charge in [0.25, 0.3) is 5.91 Å². The van der Waals surface area contributed by atoms with Crippen LogP contribution in [-0.4, -0.2) is 42.5 Å². The van der Waals surface area contributed by atoms with Gasteiger partial charge in [0.2, 0.25) is 5.88 Å². The highest BCUT2D eigenvalue weighted by Gasteiger charge is 2.29. The smallest absolute Gasteiger partial charge is 0.270 e. The van der Waals surface area contributed by atoms with Crippen LogP contribution in [0.3, 0.4) is 0 Å². The third-order valence-corrected chi connectivity index (χ3v) is 6.40. The largest absolute Gasteiger partial charge is 0.439 e. The SMILES string of the molecule is N#Cc1ccc(Oc2ccc3nc(C(=O)NC4CCS(O)(O)C4)ccc3c2)nc1. The number of nitrogens with one attached hydrogen (secondary N) is 1. The molecule has 1 aromatic carbocycles. The molecule has 1 saturated heterocycles. The number of rotatable bonds is 4. The predicted molar refractivity (Wildman–Crippen MR) is 109 cm³/mol. The molecule has 1 unspecified atom stereocenters. The zero-order valence-corrected chi connectivity index (χ0v) is 16.1. The summed E-state index contributed by atoms with van der Waals surface area (Å²) in [7, 11) is -2.56. The third-order valence-electron chi connectivity index (χ3n) is 4.58. The van der Waals surface area contributed by atoms with Crippen LogP contribution >= 0.6 is 10.6 Å². The normalized spacial score (nSPS) is 18.7. The summed E-state index contributed by atoms with van der Waals surface area (Å²) in [6.07, 6.45) is 1.98. The molecule has 29 heavy (non-hydrogen) atoms. The molecule has 1 aliphatic heterocycles. The molecule has 0 radical (unpaired) electrons. The average molecular weight is 410 g/mol. The number of carbonyl (C=O) groups is 1. The first-order valence-electron chi connectivity index (χ1n) is 8.91. The Morgan fingerprint density at radius 3 is 2.79 bits per heavy atom. The molecule has 0 saturated carbocycles. The van der Waals surface area contributed by atoms with Crippen molar-refractivity contribution in [3.8, 4) is 17.7 Å². The van der Waals surface area contributed by atoms with Crippen molar-refractivity contribution in [3.63, 3.8) is 0 Å². The van der Waals surface area contributed by atoms with Crippen LogP contribution in [0.4, 0.5) is 0 Å². The summed E-state index contributed by atoms with van der Waals surface area (Å²) in [6, 6.07) is 13.6. The summed E-state index contributed by atoms with van der Waals surface area (Å²) in [4.78, 5) is 20.9. The molecule has 3 aromatic rings. The number of ether oxygens (including phenoxy) is 1. The summed E-state index contributed by atoms with van der Waals surface area (Å²) in [6.45, 7) is 0. The number of carbonyl (C=O) groups excluding carboxylic acids is 1. The zero-order valence-electron chi connectivity index (χ0n) is 15.3. The zero-order chi connectivity index (χ0) is 20.4. The summed E-state index contributed by atoms with van der Waals surface area (Å²) >= 11 is 0. The quantitative estimate of drug-likeness (QED) is 0.600. The molecule has 1 atom stereocenters. The topological polar surface area (TPSA) is 128 Å². The van der Waals surface area contributed by atoms with Crippen molar-refractivity contribution < 1.29 is 18.6 Å². The minimum absolute atomic E-state index is 0.191. The molecule has 9 heteroatoms. The Balaban J connectivity index is 1.48. The Morgan fingerprint density at radius 2 is 2.10 bits per heavy atom. The summed E-state index contributed by atoms with van der Waals surface area (Å²) < 4.78 is 25.1. The first kappa shape index (κ1) is 19.1. The lowest BCUT2D eigenvalue weighted by Gasteiger charge is -2.25. The maximum Gasteiger partial charge on any atom is 0.270 e. The molecule has 8 nitrogen and oxygen atoms in total. The Hall–Kier alpha value is -3.19. The predicted octanol–water partition coefficient (Wildman–Crippen LogP) is 3.55. The van der Waals surface area contributed by atoms with Gasteiger partial charge in [-0.2, -0.15) is 15.9 Å². The minimum atomic E-state index is -2.56. The van der Waals surface area contributed by atoms with Crippen LogP contribution in [0.5, 0.6) is 11.6 Å². The van der Waals surface area contributed by atoms with Gasteiger partial charge in [-0.1, -0.05) is 6.07 Å². The van der Waals surface area contributed by atoms with Crippen molar-refractivity contribution in [3.05, 3.63) is 59.9 Å². The Kier molecular flexibility index (Phi) is 5.07. The second-order valence-corrected chi connectivity index (χ2v) is 9.13. The molecule has 2 aromatic heterocycles. The average Bonchev–Trinajstić information content (AvgIpc) is 3.06. The summed E-state index contributed by atoms with van der Waals surface area (Å²) in [5.41, 5.74) is 1.35. The molecule has 0 bridgehead atoms. The van der Waals surface area contributed by atoms with Crippen molar-refractivity contribution in [2.45, 2.75) is 12.5 Å². The van der Waals surface area contributed by atoms with Gasteiger partial charge in [0.1, 0.15) is 17.5 Å². The van der Waals surface area contributed by atoms with Crippen molar-refractivity contribution in [1.29, 1.82) is 5.26 Å². The van der Waals surface area contributed by atoms with E-state index in [1.165, 1.54) is 6.20 Å². The molecule has 148 valence electrons. The van der Waals surface area contributed by atoms with Gasteiger partial charge < -0.3 is 10.1 Å². The fourth-order valence-corrected chi connectivity index (χ4v) is 4.84. The fraction of sp³-hybridized carbons (Fsp3) is 0.200. The van der Waals surface area contributed by atoms with E-state index in [1.54, 1.807) is 42.5 Å². The lowest BCUT2D eigenvalue weighted by Crippen LogP contribution is -2.35.